The predicted octanol–water partition coefficient (Wildman–Crippen LogP) is 2.34. The smallest absolute Gasteiger partial charge is 0.270 e. The molecule has 0 saturated heterocycles. The second-order valence-corrected chi connectivity index (χ2v) is 8.91. The van der Waals surface area contributed by atoms with E-state index in [1.54, 1.807) is 22.8 Å². The van der Waals surface area contributed by atoms with E-state index in [9.17, 15) is 9.59 Å². The Hall–Kier alpha value is -2.51. The number of ether oxygens (including phenoxy) is 1. The highest BCUT2D eigenvalue weighted by Gasteiger charge is 2.53. The van der Waals surface area contributed by atoms with Gasteiger partial charge in [0.05, 0.1) is 10.6 Å². The Bertz CT molecular complexity index is 1240. The summed E-state index contributed by atoms with van der Waals surface area (Å²) in [6.07, 6.45) is 1.89. The van der Waals surface area contributed by atoms with Crippen LogP contribution >= 0.6 is 22.7 Å². The Morgan fingerprint density at radius 1 is 1.30 bits per heavy atom. The van der Waals surface area contributed by atoms with Gasteiger partial charge < -0.3 is 4.74 Å². The fourth-order valence-corrected chi connectivity index (χ4v) is 5.88. The zero-order valence-electron chi connectivity index (χ0n) is 14.7. The highest BCUT2D eigenvalue weighted by Crippen LogP contribution is 2.47. The first-order valence-electron chi connectivity index (χ1n) is 8.63. The van der Waals surface area contributed by atoms with Gasteiger partial charge >= 0.3 is 0 Å². The second-order valence-electron chi connectivity index (χ2n) is 6.92. The number of hydrogen-bond acceptors (Lipinski definition) is 6. The number of nitrogens with zero attached hydrogens (tertiary/aromatic N) is 2. The molecule has 2 bridgehead atoms. The SMILES string of the molecule is CC(=O)[C@@H]1[C@@H]2c3ccccc3O[C@]1(C)N=c1s/c(=C\c3cccs3)c(=O)n12. The Labute approximate surface area is 162 Å². The fraction of sp³-hybridized carbons (Fsp3) is 0.250. The lowest BCUT2D eigenvalue weighted by Gasteiger charge is -2.45. The van der Waals surface area contributed by atoms with Crippen molar-refractivity contribution < 1.29 is 9.53 Å². The number of carbonyl (C=O) groups is 1. The van der Waals surface area contributed by atoms with Crippen LogP contribution < -0.4 is 19.6 Å². The minimum atomic E-state index is -1.01. The Balaban J connectivity index is 1.85. The normalized spacial score (nSPS) is 25.9. The molecule has 0 saturated carbocycles. The highest BCUT2D eigenvalue weighted by molar-refractivity contribution is 7.11. The van der Waals surface area contributed by atoms with Crippen molar-refractivity contribution in [3.63, 3.8) is 0 Å². The van der Waals surface area contributed by atoms with Gasteiger partial charge in [-0.15, -0.1) is 11.3 Å². The summed E-state index contributed by atoms with van der Waals surface area (Å²) in [6, 6.07) is 11.1. The topological polar surface area (TPSA) is 60.7 Å². The molecule has 2 aliphatic heterocycles. The quantitative estimate of drug-likeness (QED) is 0.668. The van der Waals surface area contributed by atoms with Crippen molar-refractivity contribution in [1.29, 1.82) is 0 Å². The summed E-state index contributed by atoms with van der Waals surface area (Å²) in [4.78, 5) is 32.2. The van der Waals surface area contributed by atoms with E-state index in [4.69, 9.17) is 9.73 Å². The molecule has 0 unspecified atom stereocenters. The van der Waals surface area contributed by atoms with Gasteiger partial charge in [0.1, 0.15) is 17.5 Å². The van der Waals surface area contributed by atoms with Crippen LogP contribution in [0.15, 0.2) is 51.6 Å². The minimum absolute atomic E-state index is 0.0340. The lowest BCUT2D eigenvalue weighted by Crippen LogP contribution is -2.58. The van der Waals surface area contributed by atoms with E-state index in [2.05, 4.69) is 0 Å². The molecule has 5 rings (SSSR count). The Kier molecular flexibility index (Phi) is 3.54. The van der Waals surface area contributed by atoms with Crippen LogP contribution in [0.2, 0.25) is 0 Å². The number of aromatic nitrogens is 1. The van der Waals surface area contributed by atoms with Gasteiger partial charge in [0.15, 0.2) is 4.80 Å². The molecule has 0 fully saturated rings. The average molecular weight is 396 g/mol. The first kappa shape index (κ1) is 16.6. The van der Waals surface area contributed by atoms with Crippen LogP contribution in [0.3, 0.4) is 0 Å². The number of benzene rings is 1. The van der Waals surface area contributed by atoms with Crippen LogP contribution in [0.1, 0.15) is 30.3 Å². The molecule has 0 aliphatic carbocycles. The molecule has 0 amide bonds. The van der Waals surface area contributed by atoms with E-state index in [0.717, 1.165) is 10.4 Å². The summed E-state index contributed by atoms with van der Waals surface area (Å²) < 4.78 is 8.47. The van der Waals surface area contributed by atoms with Crippen molar-refractivity contribution in [2.24, 2.45) is 10.9 Å². The summed E-state index contributed by atoms with van der Waals surface area (Å²) in [7, 11) is 0. The predicted molar refractivity (Wildman–Crippen MR) is 105 cm³/mol. The van der Waals surface area contributed by atoms with Crippen LogP contribution in [-0.4, -0.2) is 16.1 Å². The number of rotatable bonds is 2. The van der Waals surface area contributed by atoms with Gasteiger partial charge in [0.2, 0.25) is 5.72 Å². The molecule has 0 radical (unpaired) electrons. The molecule has 136 valence electrons. The standard InChI is InChI=1S/C20H16N2O3S2/c1-11(23)16-17-13-7-3-4-8-14(13)25-20(16,2)21-19-22(17)18(24)15(27-19)10-12-6-5-9-26-12/h3-10,16-17H,1-2H3/b15-10-/t16-,17+,20+/m1/s1. The van der Waals surface area contributed by atoms with Crippen molar-refractivity contribution in [1.82, 2.24) is 4.57 Å². The fourth-order valence-electron chi connectivity index (χ4n) is 4.06. The molecule has 2 aromatic heterocycles. The van der Waals surface area contributed by atoms with Crippen LogP contribution in [0, 0.1) is 5.92 Å². The Morgan fingerprint density at radius 3 is 2.85 bits per heavy atom. The number of carbonyl (C=O) groups excluding carboxylic acids is 1. The molecule has 4 heterocycles. The minimum Gasteiger partial charge on any atom is -0.465 e. The number of hydrogen-bond donors (Lipinski definition) is 0. The molecule has 5 nitrogen and oxygen atoms in total. The maximum atomic E-state index is 13.3. The molecule has 3 aromatic rings. The van der Waals surface area contributed by atoms with Crippen molar-refractivity contribution in [2.75, 3.05) is 0 Å². The second kappa shape index (κ2) is 5.74. The highest BCUT2D eigenvalue weighted by atomic mass is 32.1. The van der Waals surface area contributed by atoms with Crippen LogP contribution in [-0.2, 0) is 4.79 Å². The monoisotopic (exact) mass is 396 g/mol. The molecule has 7 heteroatoms. The molecule has 2 aliphatic rings. The van der Waals surface area contributed by atoms with Crippen LogP contribution in [0.5, 0.6) is 5.75 Å². The van der Waals surface area contributed by atoms with Crippen molar-refractivity contribution in [3.8, 4) is 5.75 Å². The summed E-state index contributed by atoms with van der Waals surface area (Å²) in [6.45, 7) is 3.38. The molecule has 27 heavy (non-hydrogen) atoms. The van der Waals surface area contributed by atoms with Crippen LogP contribution in [0.25, 0.3) is 6.08 Å². The van der Waals surface area contributed by atoms with E-state index in [1.807, 2.05) is 54.8 Å². The number of thiazole rings is 1. The maximum Gasteiger partial charge on any atom is 0.270 e. The van der Waals surface area contributed by atoms with Crippen molar-refractivity contribution in [2.45, 2.75) is 25.6 Å². The zero-order chi connectivity index (χ0) is 18.8. The number of thiophene rings is 1. The summed E-state index contributed by atoms with van der Waals surface area (Å²) in [5, 5.41) is 1.98. The Morgan fingerprint density at radius 2 is 2.11 bits per heavy atom. The summed E-state index contributed by atoms with van der Waals surface area (Å²) in [5.41, 5.74) is -0.265. The number of Topliss-reactive ketones (excluding diaryl/α,β-unsaturated/α-hetero) is 1. The number of para-hydroxylation sites is 1. The van der Waals surface area contributed by atoms with Gasteiger partial charge in [-0.2, -0.15) is 0 Å². The maximum absolute atomic E-state index is 13.3. The van der Waals surface area contributed by atoms with Crippen molar-refractivity contribution >= 4 is 34.5 Å². The number of fused-ring (bicyclic) bond motifs is 6. The number of ketones is 1. The average Bonchev–Trinajstić information content (AvgIpc) is 3.22. The molecule has 0 spiro atoms. The third-order valence-corrected chi connectivity index (χ3v) is 6.94. The third-order valence-electron chi connectivity index (χ3n) is 5.13. The first-order valence-corrected chi connectivity index (χ1v) is 10.3. The molecular weight excluding hydrogens is 380 g/mol. The zero-order valence-corrected chi connectivity index (χ0v) is 16.3. The lowest BCUT2D eigenvalue weighted by atomic mass is 9.79. The van der Waals surface area contributed by atoms with Gasteiger partial charge in [-0.3, -0.25) is 14.2 Å². The van der Waals surface area contributed by atoms with Crippen molar-refractivity contribution in [3.05, 3.63) is 71.9 Å². The third kappa shape index (κ3) is 2.38. The summed E-state index contributed by atoms with van der Waals surface area (Å²) in [5.74, 6) is 0.105. The van der Waals surface area contributed by atoms with E-state index < -0.39 is 17.7 Å². The van der Waals surface area contributed by atoms with E-state index >= 15 is 0 Å². The van der Waals surface area contributed by atoms with Crippen LogP contribution in [0.4, 0.5) is 0 Å². The van der Waals surface area contributed by atoms with E-state index in [0.29, 0.717) is 15.1 Å². The molecule has 0 N–H and O–H groups in total. The summed E-state index contributed by atoms with van der Waals surface area (Å²) >= 11 is 2.93. The van der Waals surface area contributed by atoms with E-state index in [-0.39, 0.29) is 11.3 Å². The largest absolute Gasteiger partial charge is 0.465 e. The van der Waals surface area contributed by atoms with E-state index in [1.165, 1.54) is 11.3 Å². The molecule has 1 aromatic carbocycles. The van der Waals surface area contributed by atoms with Gasteiger partial charge in [-0.05, 0) is 37.4 Å². The first-order chi connectivity index (χ1) is 13.0. The van der Waals surface area contributed by atoms with Gasteiger partial charge in [-0.25, -0.2) is 4.99 Å². The van der Waals surface area contributed by atoms with Gasteiger partial charge in [0, 0.05) is 10.4 Å². The molecular formula is C20H16N2O3S2. The molecule has 3 atom stereocenters. The lowest BCUT2D eigenvalue weighted by molar-refractivity contribution is -0.132. The van der Waals surface area contributed by atoms with Gasteiger partial charge in [0.25, 0.3) is 5.56 Å². The van der Waals surface area contributed by atoms with Gasteiger partial charge in [-0.1, -0.05) is 35.6 Å².